The first-order chi connectivity index (χ1) is 11.0. The second-order valence-corrected chi connectivity index (χ2v) is 5.02. The molecule has 0 aliphatic heterocycles. The maximum absolute atomic E-state index is 11.8. The van der Waals surface area contributed by atoms with Crippen LogP contribution in [0.25, 0.3) is 0 Å². The zero-order valence-corrected chi connectivity index (χ0v) is 12.6. The number of halogens is 1. The van der Waals surface area contributed by atoms with Gasteiger partial charge in [0, 0.05) is 17.3 Å². The maximum atomic E-state index is 11.8. The Hall–Kier alpha value is -2.86. The number of hydrogen-bond donors (Lipinski definition) is 3. The van der Waals surface area contributed by atoms with E-state index in [1.165, 1.54) is 24.3 Å². The van der Waals surface area contributed by atoms with Crippen LogP contribution in [-0.4, -0.2) is 22.9 Å². The van der Waals surface area contributed by atoms with Crippen LogP contribution in [0.5, 0.6) is 0 Å². The predicted octanol–water partition coefficient (Wildman–Crippen LogP) is 2.29. The van der Waals surface area contributed by atoms with E-state index in [4.69, 9.17) is 16.7 Å². The SMILES string of the molecule is O=C(NCc1ccccc1Cl)C(=O)Nc1ccc(C(=O)O)cc1. The highest BCUT2D eigenvalue weighted by atomic mass is 35.5. The minimum Gasteiger partial charge on any atom is -0.478 e. The number of nitrogens with one attached hydrogen (secondary N) is 2. The second-order valence-electron chi connectivity index (χ2n) is 4.61. The Morgan fingerprint density at radius 3 is 2.22 bits per heavy atom. The van der Waals surface area contributed by atoms with Gasteiger partial charge in [0.2, 0.25) is 0 Å². The lowest BCUT2D eigenvalue weighted by molar-refractivity contribution is -0.136. The van der Waals surface area contributed by atoms with Gasteiger partial charge in [0.05, 0.1) is 5.56 Å². The van der Waals surface area contributed by atoms with Crippen LogP contribution in [-0.2, 0) is 16.1 Å². The molecule has 0 aromatic heterocycles. The molecule has 23 heavy (non-hydrogen) atoms. The number of benzene rings is 2. The summed E-state index contributed by atoms with van der Waals surface area (Å²) in [6.07, 6.45) is 0. The van der Waals surface area contributed by atoms with Crippen molar-refractivity contribution in [2.45, 2.75) is 6.54 Å². The Bertz CT molecular complexity index is 744. The predicted molar refractivity (Wildman–Crippen MR) is 85.3 cm³/mol. The van der Waals surface area contributed by atoms with Gasteiger partial charge in [-0.1, -0.05) is 29.8 Å². The molecule has 0 spiro atoms. The molecule has 7 heteroatoms. The Labute approximate surface area is 137 Å². The number of hydrogen-bond acceptors (Lipinski definition) is 3. The molecule has 3 N–H and O–H groups in total. The minimum atomic E-state index is -1.07. The van der Waals surface area contributed by atoms with Gasteiger partial charge in [-0.3, -0.25) is 9.59 Å². The third-order valence-corrected chi connectivity index (χ3v) is 3.36. The van der Waals surface area contributed by atoms with Gasteiger partial charge in [-0.15, -0.1) is 0 Å². The number of aromatic carboxylic acids is 1. The van der Waals surface area contributed by atoms with E-state index in [0.29, 0.717) is 16.3 Å². The molecule has 0 fully saturated rings. The van der Waals surface area contributed by atoms with E-state index in [2.05, 4.69) is 10.6 Å². The van der Waals surface area contributed by atoms with Crippen molar-refractivity contribution in [2.75, 3.05) is 5.32 Å². The summed E-state index contributed by atoms with van der Waals surface area (Å²) in [5, 5.41) is 14.1. The first-order valence-corrected chi connectivity index (χ1v) is 7.01. The molecule has 2 amide bonds. The zero-order valence-electron chi connectivity index (χ0n) is 11.9. The van der Waals surface area contributed by atoms with Crippen LogP contribution in [0, 0.1) is 0 Å². The van der Waals surface area contributed by atoms with Crippen molar-refractivity contribution in [3.63, 3.8) is 0 Å². The number of carbonyl (C=O) groups is 3. The van der Waals surface area contributed by atoms with Gasteiger partial charge in [0.1, 0.15) is 0 Å². The summed E-state index contributed by atoms with van der Waals surface area (Å²) in [5.74, 6) is -2.73. The van der Waals surface area contributed by atoms with Crippen molar-refractivity contribution in [1.29, 1.82) is 0 Å². The van der Waals surface area contributed by atoms with Crippen molar-refractivity contribution in [1.82, 2.24) is 5.32 Å². The Kier molecular flexibility index (Phi) is 5.32. The van der Waals surface area contributed by atoms with Crippen LogP contribution in [0.15, 0.2) is 48.5 Å². The van der Waals surface area contributed by atoms with Gasteiger partial charge in [0.25, 0.3) is 0 Å². The third kappa shape index (κ3) is 4.55. The number of carboxylic acids is 1. The largest absolute Gasteiger partial charge is 0.478 e. The molecule has 0 saturated heterocycles. The molecule has 0 radical (unpaired) electrons. The molecule has 6 nitrogen and oxygen atoms in total. The molecular formula is C16H13ClN2O4. The molecule has 118 valence electrons. The summed E-state index contributed by atoms with van der Waals surface area (Å²) in [6.45, 7) is 0.129. The average molecular weight is 333 g/mol. The van der Waals surface area contributed by atoms with Crippen LogP contribution < -0.4 is 10.6 Å². The summed E-state index contributed by atoms with van der Waals surface area (Å²) in [4.78, 5) is 34.2. The highest BCUT2D eigenvalue weighted by molar-refractivity contribution is 6.39. The van der Waals surface area contributed by atoms with Crippen molar-refractivity contribution >= 4 is 35.1 Å². The summed E-state index contributed by atoms with van der Waals surface area (Å²) < 4.78 is 0. The van der Waals surface area contributed by atoms with E-state index in [9.17, 15) is 14.4 Å². The van der Waals surface area contributed by atoms with Crippen molar-refractivity contribution in [3.05, 3.63) is 64.7 Å². The fourth-order valence-electron chi connectivity index (χ4n) is 1.78. The highest BCUT2D eigenvalue weighted by Gasteiger charge is 2.14. The fraction of sp³-hybridized carbons (Fsp3) is 0.0625. The lowest BCUT2D eigenvalue weighted by atomic mass is 10.2. The molecule has 0 aliphatic carbocycles. The first kappa shape index (κ1) is 16.5. The molecule has 2 aromatic rings. The molecule has 2 rings (SSSR count). The molecule has 0 bridgehead atoms. The van der Waals surface area contributed by atoms with Gasteiger partial charge in [-0.25, -0.2) is 4.79 Å². The standard InChI is InChI=1S/C16H13ClN2O4/c17-13-4-2-1-3-11(13)9-18-14(20)15(21)19-12-7-5-10(6-8-12)16(22)23/h1-8H,9H2,(H,18,20)(H,19,21)(H,22,23). The van der Waals surface area contributed by atoms with E-state index in [0.717, 1.165) is 0 Å². The lowest BCUT2D eigenvalue weighted by Gasteiger charge is -2.08. The summed E-state index contributed by atoms with van der Waals surface area (Å²) in [6, 6.07) is 12.4. The smallest absolute Gasteiger partial charge is 0.335 e. The topological polar surface area (TPSA) is 95.5 Å². The van der Waals surface area contributed by atoms with Gasteiger partial charge in [-0.05, 0) is 35.9 Å². The molecular weight excluding hydrogens is 320 g/mol. The van der Waals surface area contributed by atoms with Crippen molar-refractivity contribution in [3.8, 4) is 0 Å². The number of amides is 2. The molecule has 2 aromatic carbocycles. The van der Waals surface area contributed by atoms with Gasteiger partial charge < -0.3 is 15.7 Å². The fourth-order valence-corrected chi connectivity index (χ4v) is 1.98. The van der Waals surface area contributed by atoms with E-state index < -0.39 is 17.8 Å². The van der Waals surface area contributed by atoms with Gasteiger partial charge >= 0.3 is 17.8 Å². The maximum Gasteiger partial charge on any atom is 0.335 e. The number of carbonyl (C=O) groups excluding carboxylic acids is 2. The number of carboxylic acid groups (broad SMARTS) is 1. The molecule has 0 aliphatic rings. The number of anilines is 1. The minimum absolute atomic E-state index is 0.0890. The third-order valence-electron chi connectivity index (χ3n) is 2.99. The van der Waals surface area contributed by atoms with E-state index >= 15 is 0 Å². The normalized spacial score (nSPS) is 9.96. The second kappa shape index (κ2) is 7.42. The molecule has 0 saturated carbocycles. The van der Waals surface area contributed by atoms with E-state index in [1.807, 2.05) is 0 Å². The monoisotopic (exact) mass is 332 g/mol. The number of rotatable bonds is 4. The molecule has 0 atom stereocenters. The van der Waals surface area contributed by atoms with Crippen molar-refractivity contribution < 1.29 is 19.5 Å². The van der Waals surface area contributed by atoms with E-state index in [1.54, 1.807) is 24.3 Å². The summed E-state index contributed by atoms with van der Waals surface area (Å²) in [5.41, 5.74) is 1.11. The Morgan fingerprint density at radius 2 is 1.61 bits per heavy atom. The summed E-state index contributed by atoms with van der Waals surface area (Å²) >= 11 is 5.96. The van der Waals surface area contributed by atoms with Crippen LogP contribution in [0.3, 0.4) is 0 Å². The Morgan fingerprint density at radius 1 is 0.957 bits per heavy atom. The van der Waals surface area contributed by atoms with Crippen LogP contribution in [0.4, 0.5) is 5.69 Å². The van der Waals surface area contributed by atoms with Crippen LogP contribution >= 0.6 is 11.6 Å². The van der Waals surface area contributed by atoms with Crippen LogP contribution in [0.1, 0.15) is 15.9 Å². The van der Waals surface area contributed by atoms with Crippen LogP contribution in [0.2, 0.25) is 5.02 Å². The molecule has 0 heterocycles. The zero-order chi connectivity index (χ0) is 16.8. The summed E-state index contributed by atoms with van der Waals surface area (Å²) in [7, 11) is 0. The highest BCUT2D eigenvalue weighted by Crippen LogP contribution is 2.14. The Balaban J connectivity index is 1.91. The van der Waals surface area contributed by atoms with E-state index in [-0.39, 0.29) is 12.1 Å². The quantitative estimate of drug-likeness (QED) is 0.748. The lowest BCUT2D eigenvalue weighted by Crippen LogP contribution is -2.35. The average Bonchev–Trinajstić information content (AvgIpc) is 2.54. The van der Waals surface area contributed by atoms with Gasteiger partial charge in [-0.2, -0.15) is 0 Å². The molecule has 0 unspecified atom stereocenters. The van der Waals surface area contributed by atoms with Crippen molar-refractivity contribution in [2.24, 2.45) is 0 Å². The first-order valence-electron chi connectivity index (χ1n) is 6.63. The van der Waals surface area contributed by atoms with Gasteiger partial charge in [0.15, 0.2) is 0 Å².